The number of nitrogens with one attached hydrogen (secondary N) is 3. The number of carbonyl (C=O) groups excluding carboxylic acids is 4. The Labute approximate surface area is 279 Å². The third-order valence-electron chi connectivity index (χ3n) is 7.74. The summed E-state index contributed by atoms with van der Waals surface area (Å²) in [6, 6.07) is 20.6. The summed E-state index contributed by atoms with van der Waals surface area (Å²) in [5.74, 6) is -1.15. The highest BCUT2D eigenvalue weighted by molar-refractivity contribution is 5.86. The van der Waals surface area contributed by atoms with Crippen LogP contribution in [0.1, 0.15) is 38.3 Å². The molecule has 4 rings (SSSR count). The molecular weight excluding hydrogens is 618 g/mol. The van der Waals surface area contributed by atoms with Crippen molar-refractivity contribution in [3.05, 3.63) is 90.1 Å². The van der Waals surface area contributed by atoms with Crippen molar-refractivity contribution in [2.24, 2.45) is 5.41 Å². The second kappa shape index (κ2) is 16.7. The van der Waals surface area contributed by atoms with Crippen LogP contribution in [0.3, 0.4) is 0 Å². The van der Waals surface area contributed by atoms with Gasteiger partial charge in [-0.05, 0) is 35.1 Å². The van der Waals surface area contributed by atoms with E-state index in [0.717, 1.165) is 22.4 Å². The summed E-state index contributed by atoms with van der Waals surface area (Å²) in [5.41, 5.74) is 5.51. The molecule has 0 radical (unpaired) electrons. The quantitative estimate of drug-likeness (QED) is 0.121. The number of aliphatic hydroxyl groups is 1. The number of carbonyl (C=O) groups is 4. The highest BCUT2D eigenvalue weighted by Gasteiger charge is 2.35. The number of hydrazine groups is 1. The Kier molecular flexibility index (Phi) is 12.5. The van der Waals surface area contributed by atoms with Gasteiger partial charge >= 0.3 is 18.2 Å². The first-order valence-corrected chi connectivity index (χ1v) is 15.7. The maximum Gasteiger partial charge on any atom is 0.408 e. The molecule has 256 valence electrons. The van der Waals surface area contributed by atoms with E-state index in [1.165, 1.54) is 12.1 Å². The maximum absolute atomic E-state index is 13.7. The highest BCUT2D eigenvalue weighted by Crippen LogP contribution is 2.21. The molecule has 4 N–H and O–H groups in total. The van der Waals surface area contributed by atoms with Gasteiger partial charge in [-0.3, -0.25) is 15.2 Å². The van der Waals surface area contributed by atoms with E-state index in [4.69, 9.17) is 14.2 Å². The van der Waals surface area contributed by atoms with Crippen molar-refractivity contribution in [1.29, 1.82) is 0 Å². The van der Waals surface area contributed by atoms with Gasteiger partial charge in [0.2, 0.25) is 6.10 Å². The zero-order chi connectivity index (χ0) is 34.7. The lowest BCUT2D eigenvalue weighted by Crippen LogP contribution is -2.59. The molecule has 1 saturated heterocycles. The number of cyclic esters (lactones) is 1. The Morgan fingerprint density at radius 1 is 0.979 bits per heavy atom. The van der Waals surface area contributed by atoms with Crippen LogP contribution in [0, 0.1) is 5.41 Å². The minimum Gasteiger partial charge on any atom is -0.463 e. The predicted molar refractivity (Wildman–Crippen MR) is 176 cm³/mol. The summed E-state index contributed by atoms with van der Waals surface area (Å²) in [4.78, 5) is 55.0. The molecule has 3 aromatic rings. The molecule has 13 heteroatoms. The molecule has 4 unspecified atom stereocenters. The number of esters is 1. The van der Waals surface area contributed by atoms with E-state index in [2.05, 4.69) is 21.0 Å². The zero-order valence-corrected chi connectivity index (χ0v) is 27.5. The van der Waals surface area contributed by atoms with Crippen LogP contribution in [-0.4, -0.2) is 83.7 Å². The van der Waals surface area contributed by atoms with E-state index in [0.29, 0.717) is 0 Å². The number of benzene rings is 2. The van der Waals surface area contributed by atoms with Crippen LogP contribution in [0.15, 0.2) is 79.0 Å². The fourth-order valence-electron chi connectivity index (χ4n) is 5.16. The first kappa shape index (κ1) is 35.8. The maximum atomic E-state index is 13.7. The van der Waals surface area contributed by atoms with Gasteiger partial charge in [0.15, 0.2) is 0 Å². The van der Waals surface area contributed by atoms with Crippen molar-refractivity contribution >= 4 is 24.1 Å². The SMILES string of the molecule is COC(=O)NC(C(=O)NN(Cc1ccc(-c2ccccn2)cc1)CC(O)C(Cc1ccccc1)NC(=O)OC1CCOC1=O)C(C)(C)C. The van der Waals surface area contributed by atoms with Crippen molar-refractivity contribution in [3.8, 4) is 11.3 Å². The van der Waals surface area contributed by atoms with Crippen molar-refractivity contribution in [3.63, 3.8) is 0 Å². The molecule has 48 heavy (non-hydrogen) atoms. The third kappa shape index (κ3) is 10.5. The Balaban J connectivity index is 1.57. The molecule has 1 aliphatic rings. The van der Waals surface area contributed by atoms with Crippen molar-refractivity contribution in [1.82, 2.24) is 26.1 Å². The Morgan fingerprint density at radius 2 is 1.69 bits per heavy atom. The van der Waals surface area contributed by atoms with Crippen molar-refractivity contribution in [2.75, 3.05) is 20.3 Å². The monoisotopic (exact) mass is 661 g/mol. The van der Waals surface area contributed by atoms with Crippen LogP contribution in [-0.2, 0) is 36.8 Å². The average Bonchev–Trinajstić information content (AvgIpc) is 3.47. The summed E-state index contributed by atoms with van der Waals surface area (Å²) < 4.78 is 14.9. The molecule has 3 amide bonds. The Bertz CT molecular complexity index is 1520. The van der Waals surface area contributed by atoms with Crippen molar-refractivity contribution < 1.29 is 38.5 Å². The first-order chi connectivity index (χ1) is 22.9. The largest absolute Gasteiger partial charge is 0.463 e. The van der Waals surface area contributed by atoms with Crippen LogP contribution in [0.2, 0.25) is 0 Å². The summed E-state index contributed by atoms with van der Waals surface area (Å²) in [6.45, 7) is 5.59. The topological polar surface area (TPSA) is 168 Å². The number of hydrogen-bond acceptors (Lipinski definition) is 10. The third-order valence-corrected chi connectivity index (χ3v) is 7.74. The smallest absolute Gasteiger partial charge is 0.408 e. The molecule has 0 aliphatic carbocycles. The lowest BCUT2D eigenvalue weighted by molar-refractivity contribution is -0.144. The van der Waals surface area contributed by atoms with Gasteiger partial charge in [-0.1, -0.05) is 81.4 Å². The van der Waals surface area contributed by atoms with Gasteiger partial charge < -0.3 is 30.0 Å². The fraction of sp³-hybridized carbons (Fsp3) is 0.400. The number of aliphatic hydroxyl groups excluding tert-OH is 1. The van der Waals surface area contributed by atoms with Gasteiger partial charge in [-0.15, -0.1) is 0 Å². The number of rotatable bonds is 13. The number of methoxy groups -OCH3 is 1. The van der Waals surface area contributed by atoms with Crippen LogP contribution in [0.25, 0.3) is 11.3 Å². The Hall–Kier alpha value is -5.01. The Morgan fingerprint density at radius 3 is 2.29 bits per heavy atom. The summed E-state index contributed by atoms with van der Waals surface area (Å²) in [7, 11) is 1.21. The minimum atomic E-state index is -1.23. The van der Waals surface area contributed by atoms with Gasteiger partial charge in [0.1, 0.15) is 6.04 Å². The lowest BCUT2D eigenvalue weighted by Gasteiger charge is -2.34. The van der Waals surface area contributed by atoms with Gasteiger partial charge in [0.05, 0.1) is 31.6 Å². The van der Waals surface area contributed by atoms with Crippen molar-refractivity contribution in [2.45, 2.75) is 64.4 Å². The normalized spacial score (nSPS) is 16.3. The highest BCUT2D eigenvalue weighted by atomic mass is 16.6. The molecule has 1 aliphatic heterocycles. The zero-order valence-electron chi connectivity index (χ0n) is 27.5. The number of pyridine rings is 1. The van der Waals surface area contributed by atoms with Gasteiger partial charge in [-0.2, -0.15) is 0 Å². The summed E-state index contributed by atoms with van der Waals surface area (Å²) in [5, 5.41) is 18.4. The molecule has 13 nitrogen and oxygen atoms in total. The van der Waals surface area contributed by atoms with Crippen LogP contribution in [0.5, 0.6) is 0 Å². The number of hydrogen-bond donors (Lipinski definition) is 4. The number of aromatic nitrogens is 1. The molecule has 2 heterocycles. The van der Waals surface area contributed by atoms with Gasteiger partial charge in [0.25, 0.3) is 5.91 Å². The molecule has 4 atom stereocenters. The van der Waals surface area contributed by atoms with E-state index in [1.54, 1.807) is 27.0 Å². The standard InChI is InChI=1S/C35H43N5O8/c1-35(2,3)30(38-33(44)46-4)31(42)39-40(21-24-13-15-25(16-14-24)26-12-8-9-18-36-26)22-28(41)27(20-23-10-6-5-7-11-23)37-34(45)48-29-17-19-47-32(29)43/h5-16,18,27-30,41H,17,19-22H2,1-4H3,(H,37,45)(H,38,44)(H,39,42). The average molecular weight is 662 g/mol. The molecule has 1 aromatic heterocycles. The summed E-state index contributed by atoms with van der Waals surface area (Å²) in [6.07, 6.45) is -1.73. The van der Waals surface area contributed by atoms with Gasteiger partial charge in [-0.25, -0.2) is 19.4 Å². The van der Waals surface area contributed by atoms with E-state index < -0.39 is 53.8 Å². The van der Waals surface area contributed by atoms with E-state index in [9.17, 15) is 24.3 Å². The molecular formula is C35H43N5O8. The summed E-state index contributed by atoms with van der Waals surface area (Å²) >= 11 is 0. The second-order valence-electron chi connectivity index (χ2n) is 12.6. The first-order valence-electron chi connectivity index (χ1n) is 15.7. The molecule has 2 aromatic carbocycles. The number of nitrogens with zero attached hydrogens (tertiary/aromatic N) is 2. The van der Waals surface area contributed by atoms with Gasteiger partial charge in [0, 0.05) is 31.3 Å². The second-order valence-corrected chi connectivity index (χ2v) is 12.6. The van der Waals surface area contributed by atoms with Crippen LogP contribution >= 0.6 is 0 Å². The molecule has 0 spiro atoms. The molecule has 1 fully saturated rings. The number of ether oxygens (including phenoxy) is 3. The predicted octanol–water partition coefficient (Wildman–Crippen LogP) is 3.37. The fourth-order valence-corrected chi connectivity index (χ4v) is 5.16. The minimum absolute atomic E-state index is 0.133. The van der Waals surface area contributed by atoms with E-state index >= 15 is 0 Å². The number of amides is 3. The van der Waals surface area contributed by atoms with E-state index in [-0.39, 0.29) is 32.5 Å². The molecule has 0 bridgehead atoms. The number of alkyl carbamates (subject to hydrolysis) is 2. The van der Waals surface area contributed by atoms with E-state index in [1.807, 2.05) is 72.8 Å². The van der Waals surface area contributed by atoms with Crippen LogP contribution in [0.4, 0.5) is 9.59 Å². The lowest BCUT2D eigenvalue weighted by atomic mass is 9.86. The van der Waals surface area contributed by atoms with Crippen LogP contribution < -0.4 is 16.1 Å². The molecule has 0 saturated carbocycles.